The van der Waals surface area contributed by atoms with Gasteiger partial charge in [-0.05, 0) is 69.4 Å². The Morgan fingerprint density at radius 3 is 2.79 bits per heavy atom. The molecule has 0 aliphatic carbocycles. The molecule has 2 heterocycles. The highest BCUT2D eigenvalue weighted by atomic mass is 35.5. The number of nitrogens with one attached hydrogen (secondary N) is 1. The van der Waals surface area contributed by atoms with Crippen LogP contribution in [0.5, 0.6) is 0 Å². The maximum Gasteiger partial charge on any atom is 0.107 e. The highest BCUT2D eigenvalue weighted by molar-refractivity contribution is 6.32. The van der Waals surface area contributed by atoms with E-state index in [-0.39, 0.29) is 0 Å². The lowest BCUT2D eigenvalue weighted by Crippen LogP contribution is -2.34. The Kier molecular flexibility index (Phi) is 6.18. The monoisotopic (exact) mass is 347 g/mol. The molecule has 1 fully saturated rings. The van der Waals surface area contributed by atoms with E-state index in [2.05, 4.69) is 27.9 Å². The molecule has 3 nitrogen and oxygen atoms in total. The van der Waals surface area contributed by atoms with Crippen LogP contribution >= 0.6 is 11.6 Å². The van der Waals surface area contributed by atoms with Gasteiger partial charge < -0.3 is 9.88 Å². The molecule has 24 heavy (non-hydrogen) atoms. The van der Waals surface area contributed by atoms with Gasteiger partial charge in [-0.3, -0.25) is 0 Å². The fourth-order valence-electron chi connectivity index (χ4n) is 3.77. The largest absolute Gasteiger partial charge is 0.342 e. The van der Waals surface area contributed by atoms with Crippen LogP contribution in [0.15, 0.2) is 12.1 Å². The third kappa shape index (κ3) is 4.52. The molecule has 0 bridgehead atoms. The minimum absolute atomic E-state index is 0.798. The highest BCUT2D eigenvalue weighted by Crippen LogP contribution is 2.24. The number of benzene rings is 1. The van der Waals surface area contributed by atoms with E-state index in [0.29, 0.717) is 0 Å². The Morgan fingerprint density at radius 2 is 2.04 bits per heavy atom. The minimum Gasteiger partial charge on any atom is -0.342 e. The molecule has 1 aliphatic rings. The van der Waals surface area contributed by atoms with Gasteiger partial charge in [-0.2, -0.15) is 0 Å². The van der Waals surface area contributed by atoms with E-state index in [1.807, 2.05) is 13.0 Å². The van der Waals surface area contributed by atoms with Crippen molar-refractivity contribution in [2.24, 2.45) is 5.92 Å². The second kappa shape index (κ2) is 8.35. The Hall–Kier alpha value is -1.06. The number of H-pyrrole nitrogens is 1. The maximum atomic E-state index is 6.19. The zero-order chi connectivity index (χ0) is 16.9. The Balaban J connectivity index is 1.44. The number of aromatic amines is 1. The van der Waals surface area contributed by atoms with Crippen molar-refractivity contribution < 1.29 is 0 Å². The summed E-state index contributed by atoms with van der Waals surface area (Å²) in [6.07, 6.45) is 9.14. The van der Waals surface area contributed by atoms with Crippen molar-refractivity contribution >= 4 is 22.6 Å². The molecule has 3 rings (SSSR count). The predicted octanol–water partition coefficient (Wildman–Crippen LogP) is 5.36. The van der Waals surface area contributed by atoms with Crippen molar-refractivity contribution in [2.75, 3.05) is 19.6 Å². The summed E-state index contributed by atoms with van der Waals surface area (Å²) in [6.45, 7) is 8.08. The third-order valence-electron chi connectivity index (χ3n) is 5.37. The number of rotatable bonds is 7. The molecule has 1 N–H and O–H groups in total. The Bertz CT molecular complexity index is 617. The van der Waals surface area contributed by atoms with E-state index in [1.54, 1.807) is 0 Å². The van der Waals surface area contributed by atoms with E-state index in [9.17, 15) is 0 Å². The number of fused-ring (bicyclic) bond motifs is 1. The zero-order valence-electron chi connectivity index (χ0n) is 15.1. The van der Waals surface area contributed by atoms with Crippen LogP contribution in [-0.2, 0) is 6.42 Å². The summed E-state index contributed by atoms with van der Waals surface area (Å²) in [5.41, 5.74) is 3.19. The van der Waals surface area contributed by atoms with Crippen LogP contribution < -0.4 is 0 Å². The number of imidazole rings is 1. The van der Waals surface area contributed by atoms with Crippen LogP contribution in [0.2, 0.25) is 5.02 Å². The summed E-state index contributed by atoms with van der Waals surface area (Å²) in [5.74, 6) is 2.06. The lowest BCUT2D eigenvalue weighted by Gasteiger charge is -2.31. The predicted molar refractivity (Wildman–Crippen MR) is 103 cm³/mol. The van der Waals surface area contributed by atoms with Crippen LogP contribution in [0.3, 0.4) is 0 Å². The lowest BCUT2D eigenvalue weighted by atomic mass is 9.91. The first-order chi connectivity index (χ1) is 11.7. The van der Waals surface area contributed by atoms with Gasteiger partial charge in [0.1, 0.15) is 5.82 Å². The van der Waals surface area contributed by atoms with Crippen LogP contribution in [0.25, 0.3) is 11.0 Å². The van der Waals surface area contributed by atoms with Gasteiger partial charge >= 0.3 is 0 Å². The second-order valence-electron chi connectivity index (χ2n) is 7.33. The maximum absolute atomic E-state index is 6.19. The normalized spacial score (nSPS) is 17.0. The average molecular weight is 348 g/mol. The Morgan fingerprint density at radius 1 is 1.25 bits per heavy atom. The minimum atomic E-state index is 0.798. The average Bonchev–Trinajstić information content (AvgIpc) is 2.96. The molecule has 0 atom stereocenters. The molecule has 0 spiro atoms. The van der Waals surface area contributed by atoms with Crippen molar-refractivity contribution in [3.8, 4) is 0 Å². The second-order valence-corrected chi connectivity index (χ2v) is 7.74. The molecule has 1 aliphatic heterocycles. The van der Waals surface area contributed by atoms with Crippen LogP contribution in [0.1, 0.15) is 56.8 Å². The molecular formula is C20H30ClN3. The Labute approximate surface area is 150 Å². The van der Waals surface area contributed by atoms with Crippen molar-refractivity contribution in [1.29, 1.82) is 0 Å². The fraction of sp³-hybridized carbons (Fsp3) is 0.650. The van der Waals surface area contributed by atoms with Crippen molar-refractivity contribution in [1.82, 2.24) is 14.9 Å². The van der Waals surface area contributed by atoms with Crippen molar-refractivity contribution in [3.05, 3.63) is 28.5 Å². The van der Waals surface area contributed by atoms with E-state index in [0.717, 1.165) is 39.8 Å². The molecule has 1 saturated heterocycles. The summed E-state index contributed by atoms with van der Waals surface area (Å²) in [6, 6.07) is 4.06. The quantitative estimate of drug-likeness (QED) is 0.731. The first-order valence-corrected chi connectivity index (χ1v) is 9.90. The van der Waals surface area contributed by atoms with Gasteiger partial charge in [0.2, 0.25) is 0 Å². The van der Waals surface area contributed by atoms with Crippen LogP contribution in [0, 0.1) is 12.8 Å². The smallest absolute Gasteiger partial charge is 0.107 e. The number of halogens is 1. The first-order valence-electron chi connectivity index (χ1n) is 9.52. The summed E-state index contributed by atoms with van der Waals surface area (Å²) >= 11 is 6.19. The van der Waals surface area contributed by atoms with Crippen LogP contribution in [0.4, 0.5) is 0 Å². The van der Waals surface area contributed by atoms with E-state index in [1.165, 1.54) is 58.2 Å². The number of aryl methyl sites for hydroxylation is 2. The summed E-state index contributed by atoms with van der Waals surface area (Å²) in [5, 5.41) is 0.798. The zero-order valence-corrected chi connectivity index (χ0v) is 15.8. The topological polar surface area (TPSA) is 31.9 Å². The van der Waals surface area contributed by atoms with E-state index in [4.69, 9.17) is 11.6 Å². The number of unbranched alkanes of at least 4 members (excludes halogenated alkanes) is 1. The molecule has 0 unspecified atom stereocenters. The number of hydrogen-bond donors (Lipinski definition) is 1. The van der Waals surface area contributed by atoms with Gasteiger partial charge in [-0.25, -0.2) is 4.98 Å². The molecule has 0 radical (unpaired) electrons. The number of hydrogen-bond acceptors (Lipinski definition) is 2. The summed E-state index contributed by atoms with van der Waals surface area (Å²) in [7, 11) is 0. The van der Waals surface area contributed by atoms with Crippen molar-refractivity contribution in [2.45, 2.75) is 58.8 Å². The molecular weight excluding hydrogens is 318 g/mol. The van der Waals surface area contributed by atoms with Gasteiger partial charge in [-0.1, -0.05) is 37.8 Å². The number of nitrogens with zero attached hydrogens (tertiary/aromatic N) is 2. The van der Waals surface area contributed by atoms with Crippen LogP contribution in [-0.4, -0.2) is 34.5 Å². The number of piperidine rings is 1. The standard InChI is InChI=1S/C20H30ClN3/c1-3-4-6-16-8-11-24(12-9-16)10-5-7-20-22-18-13-15(2)17(21)14-19(18)23-20/h13-14,16H,3-12H2,1-2H3,(H,22,23). The molecule has 4 heteroatoms. The molecule has 0 amide bonds. The summed E-state index contributed by atoms with van der Waals surface area (Å²) in [4.78, 5) is 10.8. The lowest BCUT2D eigenvalue weighted by molar-refractivity contribution is 0.176. The summed E-state index contributed by atoms with van der Waals surface area (Å²) < 4.78 is 0. The molecule has 1 aromatic carbocycles. The van der Waals surface area contributed by atoms with Crippen molar-refractivity contribution in [3.63, 3.8) is 0 Å². The highest BCUT2D eigenvalue weighted by Gasteiger charge is 2.18. The van der Waals surface area contributed by atoms with Gasteiger partial charge in [-0.15, -0.1) is 0 Å². The number of likely N-dealkylation sites (tertiary alicyclic amines) is 1. The fourth-order valence-corrected chi connectivity index (χ4v) is 3.93. The van der Waals surface area contributed by atoms with Gasteiger partial charge in [0, 0.05) is 11.4 Å². The van der Waals surface area contributed by atoms with Gasteiger partial charge in [0.25, 0.3) is 0 Å². The molecule has 1 aromatic heterocycles. The molecule has 2 aromatic rings. The SMILES string of the molecule is CCCCC1CCN(CCCc2nc3cc(Cl)c(C)cc3[nH]2)CC1. The molecule has 132 valence electrons. The third-order valence-corrected chi connectivity index (χ3v) is 5.78. The van der Waals surface area contributed by atoms with E-state index >= 15 is 0 Å². The first kappa shape index (κ1) is 17.8. The molecule has 0 saturated carbocycles. The number of aromatic nitrogens is 2. The van der Waals surface area contributed by atoms with Gasteiger partial charge in [0.15, 0.2) is 0 Å². The van der Waals surface area contributed by atoms with E-state index < -0.39 is 0 Å². The van der Waals surface area contributed by atoms with Gasteiger partial charge in [0.05, 0.1) is 11.0 Å².